The molecule has 1 fully saturated rings. The van der Waals surface area contributed by atoms with Gasteiger partial charge in [-0.15, -0.1) is 0 Å². The molecule has 1 N–H and O–H groups in total. The van der Waals surface area contributed by atoms with Crippen molar-refractivity contribution in [2.45, 2.75) is 38.1 Å². The second kappa shape index (κ2) is 9.49. The minimum absolute atomic E-state index is 0.0396. The molecule has 0 bridgehead atoms. The third kappa shape index (κ3) is 4.60. The van der Waals surface area contributed by atoms with Crippen LogP contribution < -0.4 is 5.56 Å². The summed E-state index contributed by atoms with van der Waals surface area (Å²) in [4.78, 5) is 15.6. The largest absolute Gasteiger partial charge is 0.396 e. The Morgan fingerprint density at radius 3 is 2.57 bits per heavy atom. The number of likely N-dealkylation sites (tertiary alicyclic amines) is 1. The summed E-state index contributed by atoms with van der Waals surface area (Å²) < 4.78 is 15.0. The number of hydrogen-bond donors (Lipinski definition) is 1. The highest BCUT2D eigenvalue weighted by molar-refractivity contribution is 5.83. The summed E-state index contributed by atoms with van der Waals surface area (Å²) in [5.41, 5.74) is 1.77. The average molecular weight is 410 g/mol. The summed E-state index contributed by atoms with van der Waals surface area (Å²) in [5, 5.41) is 15.5. The smallest absolute Gasteiger partial charge is 0.274 e. The van der Waals surface area contributed by atoms with E-state index in [1.165, 1.54) is 12.1 Å². The zero-order valence-electron chi connectivity index (χ0n) is 17.1. The molecule has 1 aliphatic rings. The van der Waals surface area contributed by atoms with E-state index in [1.807, 2.05) is 24.3 Å². The van der Waals surface area contributed by atoms with Crippen molar-refractivity contribution < 1.29 is 9.50 Å². The van der Waals surface area contributed by atoms with Crippen LogP contribution in [-0.4, -0.2) is 46.0 Å². The number of nitrogens with zero attached hydrogens (tertiary/aromatic N) is 3. The summed E-state index contributed by atoms with van der Waals surface area (Å²) in [6.07, 6.45) is 4.12. The number of halogens is 1. The Balaban J connectivity index is 1.67. The van der Waals surface area contributed by atoms with Gasteiger partial charge in [0, 0.05) is 31.5 Å². The maximum absolute atomic E-state index is 13.3. The molecular weight excluding hydrogens is 381 g/mol. The zero-order chi connectivity index (χ0) is 20.9. The maximum Gasteiger partial charge on any atom is 0.274 e. The highest BCUT2D eigenvalue weighted by atomic mass is 19.1. The Morgan fingerprint density at radius 1 is 1.03 bits per heavy atom. The van der Waals surface area contributed by atoms with Crippen molar-refractivity contribution in [1.29, 1.82) is 0 Å². The van der Waals surface area contributed by atoms with Crippen molar-refractivity contribution in [3.05, 3.63) is 76.0 Å². The number of hydrogen-bond acceptors (Lipinski definition) is 4. The van der Waals surface area contributed by atoms with Gasteiger partial charge in [-0.05, 0) is 56.0 Å². The minimum atomic E-state index is -0.259. The molecular formula is C24H28FN3O2. The Labute approximate surface area is 175 Å². The molecule has 0 aliphatic carbocycles. The molecule has 1 saturated heterocycles. The summed E-state index contributed by atoms with van der Waals surface area (Å²) >= 11 is 0. The Bertz CT molecular complexity index is 1050. The van der Waals surface area contributed by atoms with Crippen LogP contribution in [0.15, 0.2) is 53.3 Å². The van der Waals surface area contributed by atoms with E-state index in [4.69, 9.17) is 10.2 Å². The lowest BCUT2D eigenvalue weighted by atomic mass is 10.0. The van der Waals surface area contributed by atoms with Crippen LogP contribution in [0.2, 0.25) is 0 Å². The van der Waals surface area contributed by atoms with Crippen molar-refractivity contribution in [3.63, 3.8) is 0 Å². The molecule has 5 nitrogen and oxygen atoms in total. The second-order valence-electron chi connectivity index (χ2n) is 8.05. The van der Waals surface area contributed by atoms with E-state index in [2.05, 4.69) is 4.90 Å². The van der Waals surface area contributed by atoms with Gasteiger partial charge in [0.1, 0.15) is 5.82 Å². The molecule has 1 aromatic heterocycles. The van der Waals surface area contributed by atoms with Crippen molar-refractivity contribution in [1.82, 2.24) is 14.7 Å². The van der Waals surface area contributed by atoms with E-state index >= 15 is 0 Å². The van der Waals surface area contributed by atoms with Gasteiger partial charge < -0.3 is 10.0 Å². The van der Waals surface area contributed by atoms with Crippen LogP contribution in [0.3, 0.4) is 0 Å². The summed E-state index contributed by atoms with van der Waals surface area (Å²) in [6, 6.07) is 14.1. The molecule has 1 aliphatic heterocycles. The highest BCUT2D eigenvalue weighted by Gasteiger charge is 2.22. The lowest BCUT2D eigenvalue weighted by Gasteiger charge is -2.20. The number of aromatic nitrogens is 2. The monoisotopic (exact) mass is 409 g/mol. The topological polar surface area (TPSA) is 58.4 Å². The minimum Gasteiger partial charge on any atom is -0.396 e. The first-order valence-corrected chi connectivity index (χ1v) is 10.7. The van der Waals surface area contributed by atoms with E-state index in [9.17, 15) is 9.18 Å². The fourth-order valence-electron chi connectivity index (χ4n) is 4.35. The molecule has 158 valence electrons. The fourth-order valence-corrected chi connectivity index (χ4v) is 4.35. The molecule has 1 unspecified atom stereocenters. The molecule has 0 saturated carbocycles. The molecule has 1 atom stereocenters. The van der Waals surface area contributed by atoms with E-state index < -0.39 is 0 Å². The van der Waals surface area contributed by atoms with Gasteiger partial charge in [-0.2, -0.15) is 5.10 Å². The number of aliphatic hydroxyl groups excluding tert-OH is 1. The van der Waals surface area contributed by atoms with Crippen LogP contribution in [0.25, 0.3) is 10.8 Å². The van der Waals surface area contributed by atoms with Crippen LogP contribution in [0.1, 0.15) is 43.0 Å². The molecule has 0 amide bonds. The van der Waals surface area contributed by atoms with Crippen LogP contribution in [0.5, 0.6) is 0 Å². The van der Waals surface area contributed by atoms with E-state index in [0.29, 0.717) is 11.8 Å². The Hall–Kier alpha value is -2.57. The number of rotatable bonds is 6. The predicted molar refractivity (Wildman–Crippen MR) is 116 cm³/mol. The third-order valence-corrected chi connectivity index (χ3v) is 5.96. The molecule has 3 aromatic rings. The van der Waals surface area contributed by atoms with Gasteiger partial charge in [0.2, 0.25) is 0 Å². The van der Waals surface area contributed by atoms with Crippen molar-refractivity contribution in [2.75, 3.05) is 26.2 Å². The van der Waals surface area contributed by atoms with Crippen LogP contribution in [0, 0.1) is 5.82 Å². The lowest BCUT2D eigenvalue weighted by molar-refractivity contribution is 0.226. The van der Waals surface area contributed by atoms with Gasteiger partial charge >= 0.3 is 0 Å². The van der Waals surface area contributed by atoms with Crippen molar-refractivity contribution in [2.24, 2.45) is 0 Å². The average Bonchev–Trinajstić information content (AvgIpc) is 3.01. The zero-order valence-corrected chi connectivity index (χ0v) is 17.1. The number of aliphatic hydroxyl groups is 1. The second-order valence-corrected chi connectivity index (χ2v) is 8.05. The third-order valence-electron chi connectivity index (χ3n) is 5.96. The highest BCUT2D eigenvalue weighted by Crippen LogP contribution is 2.24. The first-order valence-electron chi connectivity index (χ1n) is 10.7. The Kier molecular flexibility index (Phi) is 6.55. The molecule has 6 heteroatoms. The normalized spacial score (nSPS) is 17.9. The standard InChI is InChI=1S/C24H28FN3O2/c25-19-10-8-18(9-11-19)17-23-21-6-1-2-7-22(21)24(30)28(26-23)20-5-3-13-27(15-12-20)14-4-16-29/h1-2,6-11,20,29H,3-5,12-17H2. The van der Waals surface area contributed by atoms with E-state index in [-0.39, 0.29) is 24.0 Å². The first-order chi connectivity index (χ1) is 14.7. The SMILES string of the molecule is O=c1c2ccccc2c(Cc2ccc(F)cc2)nn1C1CCCN(CCCO)CC1. The van der Waals surface area contributed by atoms with Crippen molar-refractivity contribution >= 4 is 10.8 Å². The lowest BCUT2D eigenvalue weighted by Crippen LogP contribution is -2.30. The molecule has 0 radical (unpaired) electrons. The summed E-state index contributed by atoms with van der Waals surface area (Å²) in [5.74, 6) is -0.259. The van der Waals surface area contributed by atoms with Crippen LogP contribution in [0.4, 0.5) is 4.39 Å². The van der Waals surface area contributed by atoms with Gasteiger partial charge in [0.25, 0.3) is 5.56 Å². The van der Waals surface area contributed by atoms with Gasteiger partial charge in [0.15, 0.2) is 0 Å². The molecule has 2 aromatic carbocycles. The quantitative estimate of drug-likeness (QED) is 0.677. The van der Waals surface area contributed by atoms with Crippen LogP contribution >= 0.6 is 0 Å². The molecule has 0 spiro atoms. The van der Waals surface area contributed by atoms with Gasteiger partial charge in [-0.3, -0.25) is 4.79 Å². The van der Waals surface area contributed by atoms with Gasteiger partial charge in [-0.25, -0.2) is 9.07 Å². The van der Waals surface area contributed by atoms with Gasteiger partial charge in [0.05, 0.1) is 17.1 Å². The summed E-state index contributed by atoms with van der Waals surface area (Å²) in [7, 11) is 0. The van der Waals surface area contributed by atoms with Gasteiger partial charge in [-0.1, -0.05) is 30.3 Å². The van der Waals surface area contributed by atoms with Crippen LogP contribution in [-0.2, 0) is 6.42 Å². The molecule has 2 heterocycles. The Morgan fingerprint density at radius 2 is 1.80 bits per heavy atom. The maximum atomic E-state index is 13.3. The molecule has 30 heavy (non-hydrogen) atoms. The first kappa shape index (κ1) is 20.7. The van der Waals surface area contributed by atoms with Crippen molar-refractivity contribution in [3.8, 4) is 0 Å². The predicted octanol–water partition coefficient (Wildman–Crippen LogP) is 3.54. The fraction of sp³-hybridized carbons (Fsp3) is 0.417. The van der Waals surface area contributed by atoms with E-state index in [0.717, 1.165) is 62.0 Å². The number of fused-ring (bicyclic) bond motifs is 1. The van der Waals surface area contributed by atoms with E-state index in [1.54, 1.807) is 16.8 Å². The number of benzene rings is 2. The summed E-state index contributed by atoms with van der Waals surface area (Å²) in [6.45, 7) is 2.98. The molecule has 4 rings (SSSR count).